The molecular formula is C26H30F2N6O6. The van der Waals surface area contributed by atoms with Crippen LogP contribution in [0, 0.1) is 18.6 Å². The van der Waals surface area contributed by atoms with Crippen LogP contribution in [-0.4, -0.2) is 92.4 Å². The summed E-state index contributed by atoms with van der Waals surface area (Å²) in [5.74, 6) is -2.48. The number of aryl methyl sites for hydroxylation is 1. The average Bonchev–Trinajstić information content (AvgIpc) is 3.31. The summed E-state index contributed by atoms with van der Waals surface area (Å²) in [6.07, 6.45) is -0.779. The average molecular weight is 561 g/mol. The summed E-state index contributed by atoms with van der Waals surface area (Å²) in [4.78, 5) is 57.0. The maximum atomic E-state index is 15.1. The first-order chi connectivity index (χ1) is 19.1. The van der Waals surface area contributed by atoms with Gasteiger partial charge in [0.15, 0.2) is 11.6 Å². The molecule has 4 rings (SSSR count). The molecule has 2 aliphatic heterocycles. The molecular weight excluding hydrogens is 530 g/mol. The van der Waals surface area contributed by atoms with E-state index in [9.17, 15) is 19.2 Å². The summed E-state index contributed by atoms with van der Waals surface area (Å²) in [6.45, 7) is 4.04. The maximum Gasteiger partial charge on any atom is 0.414 e. The van der Waals surface area contributed by atoms with Gasteiger partial charge in [-0.3, -0.25) is 19.5 Å². The maximum absolute atomic E-state index is 15.1. The summed E-state index contributed by atoms with van der Waals surface area (Å²) >= 11 is 0. The fraction of sp³-hybridized carbons (Fsp3) is 0.423. The van der Waals surface area contributed by atoms with E-state index in [1.807, 2.05) is 0 Å². The number of pyridine rings is 1. The van der Waals surface area contributed by atoms with E-state index < -0.39 is 41.9 Å². The first-order valence-corrected chi connectivity index (χ1v) is 12.6. The van der Waals surface area contributed by atoms with E-state index in [1.54, 1.807) is 26.0 Å². The molecule has 2 saturated heterocycles. The van der Waals surface area contributed by atoms with E-state index in [2.05, 4.69) is 20.4 Å². The predicted molar refractivity (Wildman–Crippen MR) is 139 cm³/mol. The number of piperazine rings is 1. The second-order valence-electron chi connectivity index (χ2n) is 9.44. The molecule has 1 aromatic heterocycles. The Labute approximate surface area is 229 Å². The number of nitrogens with one attached hydrogen (secondary N) is 2. The Kier molecular flexibility index (Phi) is 8.65. The Morgan fingerprint density at radius 3 is 2.42 bits per heavy atom. The number of alkyl carbamates (subject to hydrolysis) is 1. The zero-order valence-electron chi connectivity index (χ0n) is 22.3. The van der Waals surface area contributed by atoms with E-state index >= 15 is 8.78 Å². The standard InChI is InChI=1S/C26H30F2N6O6/c1-15-4-5-17(12-29-15)23(35)31-16(2)24(36)33-8-6-32(7-9-33)22-20(27)10-18(11-21(22)28)34-14-19(40-26(34)38)13-30-25(37)39-3/h4-5,10-12,16,19H,6-9,13-14H2,1-3H3,(H,30,37)(H,31,35)/t16-,19-/m0/s1. The molecule has 2 atom stereocenters. The van der Waals surface area contributed by atoms with Crippen LogP contribution in [-0.2, 0) is 14.3 Å². The Morgan fingerprint density at radius 1 is 1.15 bits per heavy atom. The smallest absolute Gasteiger partial charge is 0.414 e. The Morgan fingerprint density at radius 2 is 1.82 bits per heavy atom. The number of methoxy groups -OCH3 is 1. The van der Waals surface area contributed by atoms with Crippen molar-refractivity contribution in [3.8, 4) is 0 Å². The summed E-state index contributed by atoms with van der Waals surface area (Å²) < 4.78 is 39.9. The molecule has 40 heavy (non-hydrogen) atoms. The van der Waals surface area contributed by atoms with Crippen LogP contribution in [0.1, 0.15) is 23.0 Å². The molecule has 2 fully saturated rings. The predicted octanol–water partition coefficient (Wildman–Crippen LogP) is 1.82. The molecule has 0 aliphatic carbocycles. The topological polar surface area (TPSA) is 133 Å². The number of anilines is 2. The number of halogens is 2. The van der Waals surface area contributed by atoms with Crippen molar-refractivity contribution in [1.82, 2.24) is 20.5 Å². The summed E-state index contributed by atoms with van der Waals surface area (Å²) in [5, 5.41) is 5.06. The van der Waals surface area contributed by atoms with Gasteiger partial charge in [0.2, 0.25) is 5.91 Å². The molecule has 1 aromatic carbocycles. The van der Waals surface area contributed by atoms with Gasteiger partial charge in [0, 0.05) is 50.2 Å². The van der Waals surface area contributed by atoms with E-state index in [1.165, 1.54) is 23.1 Å². The molecule has 14 heteroatoms. The van der Waals surface area contributed by atoms with Crippen molar-refractivity contribution in [2.24, 2.45) is 0 Å². The number of hydrogen-bond donors (Lipinski definition) is 2. The largest absolute Gasteiger partial charge is 0.453 e. The minimum Gasteiger partial charge on any atom is -0.453 e. The minimum absolute atomic E-state index is 0.0169. The van der Waals surface area contributed by atoms with Gasteiger partial charge >= 0.3 is 12.2 Å². The number of carbonyl (C=O) groups excluding carboxylic acids is 4. The zero-order chi connectivity index (χ0) is 29.0. The van der Waals surface area contributed by atoms with E-state index in [-0.39, 0.29) is 56.6 Å². The molecule has 0 radical (unpaired) electrons. The lowest BCUT2D eigenvalue weighted by molar-refractivity contribution is -0.133. The summed E-state index contributed by atoms with van der Waals surface area (Å²) in [5.41, 5.74) is 0.810. The monoisotopic (exact) mass is 560 g/mol. The van der Waals surface area contributed by atoms with Gasteiger partial charge < -0.3 is 29.9 Å². The third-order valence-electron chi connectivity index (χ3n) is 6.65. The second kappa shape index (κ2) is 12.1. The molecule has 12 nitrogen and oxygen atoms in total. The quantitative estimate of drug-likeness (QED) is 0.524. The van der Waals surface area contributed by atoms with Crippen LogP contribution in [0.25, 0.3) is 0 Å². The van der Waals surface area contributed by atoms with Gasteiger partial charge in [-0.15, -0.1) is 0 Å². The van der Waals surface area contributed by atoms with Crippen LogP contribution in [0.3, 0.4) is 0 Å². The third kappa shape index (κ3) is 6.38. The number of carbonyl (C=O) groups is 4. The molecule has 0 bridgehead atoms. The van der Waals surface area contributed by atoms with Crippen LogP contribution >= 0.6 is 0 Å². The fourth-order valence-electron chi connectivity index (χ4n) is 4.49. The van der Waals surface area contributed by atoms with E-state index in [4.69, 9.17) is 4.74 Å². The van der Waals surface area contributed by atoms with Crippen LogP contribution in [0.2, 0.25) is 0 Å². The Hall–Kier alpha value is -4.49. The van der Waals surface area contributed by atoms with Crippen LogP contribution in [0.5, 0.6) is 0 Å². The van der Waals surface area contributed by atoms with Gasteiger partial charge in [-0.1, -0.05) is 0 Å². The van der Waals surface area contributed by atoms with Gasteiger partial charge in [-0.05, 0) is 26.0 Å². The molecule has 3 heterocycles. The molecule has 0 unspecified atom stereocenters. The molecule has 0 saturated carbocycles. The highest BCUT2D eigenvalue weighted by Gasteiger charge is 2.34. The first kappa shape index (κ1) is 28.5. The molecule has 214 valence electrons. The Bertz CT molecular complexity index is 1260. The number of amides is 4. The summed E-state index contributed by atoms with van der Waals surface area (Å²) in [7, 11) is 1.19. The van der Waals surface area contributed by atoms with E-state index in [0.29, 0.717) is 5.56 Å². The van der Waals surface area contributed by atoms with Crippen LogP contribution in [0.4, 0.5) is 29.7 Å². The summed E-state index contributed by atoms with van der Waals surface area (Å²) in [6, 6.07) is 4.61. The Balaban J connectivity index is 1.34. The minimum atomic E-state index is -0.869. The lowest BCUT2D eigenvalue weighted by Gasteiger charge is -2.37. The van der Waals surface area contributed by atoms with Crippen molar-refractivity contribution >= 4 is 35.4 Å². The number of aromatic nitrogens is 1. The number of rotatable bonds is 7. The van der Waals surface area contributed by atoms with Crippen molar-refractivity contribution in [2.75, 3.05) is 56.2 Å². The molecule has 2 aliphatic rings. The highest BCUT2D eigenvalue weighted by Crippen LogP contribution is 2.31. The highest BCUT2D eigenvalue weighted by atomic mass is 19.1. The molecule has 0 spiro atoms. The van der Waals surface area contributed by atoms with Crippen LogP contribution < -0.4 is 20.4 Å². The van der Waals surface area contributed by atoms with Crippen molar-refractivity contribution in [3.05, 3.63) is 53.4 Å². The SMILES string of the molecule is COC(=O)NC[C@H]1CN(c2cc(F)c(N3CCN(C(=O)[C@H](C)NC(=O)c4ccc(C)nc4)CC3)c(F)c2)C(=O)O1. The number of ether oxygens (including phenoxy) is 2. The number of cyclic esters (lactones) is 1. The highest BCUT2D eigenvalue weighted by molar-refractivity contribution is 5.97. The van der Waals surface area contributed by atoms with Crippen molar-refractivity contribution in [1.29, 1.82) is 0 Å². The second-order valence-corrected chi connectivity index (χ2v) is 9.44. The van der Waals surface area contributed by atoms with Gasteiger partial charge in [0.05, 0.1) is 31.5 Å². The van der Waals surface area contributed by atoms with Crippen molar-refractivity contribution in [3.63, 3.8) is 0 Å². The number of benzene rings is 1. The first-order valence-electron chi connectivity index (χ1n) is 12.6. The van der Waals surface area contributed by atoms with Crippen molar-refractivity contribution < 1.29 is 37.4 Å². The molecule has 2 N–H and O–H groups in total. The van der Waals surface area contributed by atoms with Gasteiger partial charge in [0.25, 0.3) is 5.91 Å². The lowest BCUT2D eigenvalue weighted by Crippen LogP contribution is -2.54. The van der Waals surface area contributed by atoms with Crippen LogP contribution in [0.15, 0.2) is 30.5 Å². The molecule has 4 amide bonds. The lowest BCUT2D eigenvalue weighted by atomic mass is 10.1. The van der Waals surface area contributed by atoms with Gasteiger partial charge in [-0.25, -0.2) is 18.4 Å². The van der Waals surface area contributed by atoms with Gasteiger partial charge in [-0.2, -0.15) is 0 Å². The number of hydrogen-bond acceptors (Lipinski definition) is 8. The van der Waals surface area contributed by atoms with Gasteiger partial charge in [0.1, 0.15) is 17.8 Å². The zero-order valence-corrected chi connectivity index (χ0v) is 22.3. The normalized spacial score (nSPS) is 17.8. The van der Waals surface area contributed by atoms with Crippen molar-refractivity contribution in [2.45, 2.75) is 26.0 Å². The molecule has 2 aromatic rings. The van der Waals surface area contributed by atoms with E-state index in [0.717, 1.165) is 22.7 Å². The third-order valence-corrected chi connectivity index (χ3v) is 6.65. The number of nitrogens with zero attached hydrogens (tertiary/aromatic N) is 4. The fourth-order valence-corrected chi connectivity index (χ4v) is 4.49.